The van der Waals surface area contributed by atoms with Crippen LogP contribution in [0.5, 0.6) is 0 Å². The Morgan fingerprint density at radius 1 is 1.33 bits per heavy atom. The molecule has 0 aliphatic rings. The summed E-state index contributed by atoms with van der Waals surface area (Å²) in [5.41, 5.74) is 1.15. The summed E-state index contributed by atoms with van der Waals surface area (Å²) in [5.74, 6) is 0. The number of rotatable bonds is 3. The summed E-state index contributed by atoms with van der Waals surface area (Å²) in [4.78, 5) is 4.08. The van der Waals surface area contributed by atoms with Crippen LogP contribution in [-0.2, 0) is 11.0 Å². The van der Waals surface area contributed by atoms with Crippen molar-refractivity contribution in [3.05, 3.63) is 30.1 Å². The first-order valence-electron chi connectivity index (χ1n) is 5.36. The lowest BCUT2D eigenvalue weighted by Crippen LogP contribution is -2.40. The van der Waals surface area contributed by atoms with Gasteiger partial charge in [0.05, 0.1) is 6.61 Å². The topological polar surface area (TPSA) is 22.1 Å². The van der Waals surface area contributed by atoms with E-state index in [9.17, 15) is 0 Å². The van der Waals surface area contributed by atoms with Gasteiger partial charge in [-0.05, 0) is 29.8 Å². The molecule has 0 aromatic carbocycles. The third-order valence-corrected chi connectivity index (χ3v) is 7.61. The monoisotopic (exact) mass is 223 g/mol. The Balaban J connectivity index is 2.58. The minimum atomic E-state index is -1.62. The molecule has 0 aliphatic heterocycles. The van der Waals surface area contributed by atoms with E-state index in [-0.39, 0.29) is 5.04 Å². The summed E-state index contributed by atoms with van der Waals surface area (Å²) in [5, 5.41) is 0.273. The van der Waals surface area contributed by atoms with Crippen LogP contribution in [0.1, 0.15) is 26.3 Å². The lowest BCUT2D eigenvalue weighted by molar-refractivity contribution is 0.276. The van der Waals surface area contributed by atoms with Gasteiger partial charge in [-0.2, -0.15) is 0 Å². The van der Waals surface area contributed by atoms with Gasteiger partial charge in [-0.1, -0.05) is 26.8 Å². The summed E-state index contributed by atoms with van der Waals surface area (Å²) in [6.07, 6.45) is 3.66. The highest BCUT2D eigenvalue weighted by molar-refractivity contribution is 6.74. The first-order valence-corrected chi connectivity index (χ1v) is 8.27. The van der Waals surface area contributed by atoms with Gasteiger partial charge in [0, 0.05) is 12.4 Å². The molecule has 15 heavy (non-hydrogen) atoms. The molecule has 0 atom stereocenters. The van der Waals surface area contributed by atoms with Crippen molar-refractivity contribution in [3.8, 4) is 0 Å². The van der Waals surface area contributed by atoms with Crippen LogP contribution >= 0.6 is 0 Å². The molecule has 1 aromatic heterocycles. The van der Waals surface area contributed by atoms with E-state index in [0.717, 1.165) is 5.56 Å². The van der Waals surface area contributed by atoms with Gasteiger partial charge in [0.1, 0.15) is 0 Å². The molecule has 0 N–H and O–H groups in total. The SMILES string of the molecule is CC(C)(C)[Si](C)(C)OCc1cccnc1. The number of hydrogen-bond acceptors (Lipinski definition) is 2. The molecule has 2 nitrogen and oxygen atoms in total. The van der Waals surface area contributed by atoms with E-state index >= 15 is 0 Å². The van der Waals surface area contributed by atoms with Crippen molar-refractivity contribution in [2.45, 2.75) is 45.5 Å². The summed E-state index contributed by atoms with van der Waals surface area (Å²) in [7, 11) is -1.62. The molecule has 0 fully saturated rings. The molecule has 0 spiro atoms. The van der Waals surface area contributed by atoms with E-state index in [1.54, 1.807) is 6.20 Å². The van der Waals surface area contributed by atoms with Crippen LogP contribution in [0.25, 0.3) is 0 Å². The molecule has 1 rings (SSSR count). The van der Waals surface area contributed by atoms with Crippen molar-refractivity contribution in [1.29, 1.82) is 0 Å². The quantitative estimate of drug-likeness (QED) is 0.730. The highest BCUT2D eigenvalue weighted by Gasteiger charge is 2.36. The van der Waals surface area contributed by atoms with Crippen LogP contribution in [0.2, 0.25) is 18.1 Å². The maximum Gasteiger partial charge on any atom is 0.192 e. The number of pyridine rings is 1. The van der Waals surface area contributed by atoms with Crippen molar-refractivity contribution in [1.82, 2.24) is 4.98 Å². The first kappa shape index (κ1) is 12.4. The minimum Gasteiger partial charge on any atom is -0.413 e. The summed E-state index contributed by atoms with van der Waals surface area (Å²) in [6, 6.07) is 4.00. The van der Waals surface area contributed by atoms with Gasteiger partial charge in [-0.25, -0.2) is 0 Å². The fourth-order valence-corrected chi connectivity index (χ4v) is 1.92. The molecule has 0 radical (unpaired) electrons. The van der Waals surface area contributed by atoms with Crippen molar-refractivity contribution in [2.75, 3.05) is 0 Å². The van der Waals surface area contributed by atoms with Crippen LogP contribution in [0.3, 0.4) is 0 Å². The Hall–Kier alpha value is -0.673. The predicted molar refractivity (Wildman–Crippen MR) is 66.2 cm³/mol. The molecule has 0 amide bonds. The molecule has 0 bridgehead atoms. The second-order valence-electron chi connectivity index (χ2n) is 5.41. The van der Waals surface area contributed by atoms with E-state index in [1.165, 1.54) is 0 Å². The Morgan fingerprint density at radius 3 is 2.47 bits per heavy atom. The standard InChI is InChI=1S/C12H21NOSi/c1-12(2,3)15(4,5)14-10-11-7-6-8-13-9-11/h6-9H,10H2,1-5H3. The zero-order chi connectivity index (χ0) is 11.5. The molecule has 1 heterocycles. The predicted octanol–water partition coefficient (Wildman–Crippen LogP) is 3.60. The Morgan fingerprint density at radius 2 is 2.00 bits per heavy atom. The molecule has 0 saturated carbocycles. The van der Waals surface area contributed by atoms with E-state index in [4.69, 9.17) is 4.43 Å². The maximum absolute atomic E-state index is 6.08. The lowest BCUT2D eigenvalue weighted by atomic mass is 10.2. The average Bonchev–Trinajstić information content (AvgIpc) is 2.15. The molecular weight excluding hydrogens is 202 g/mol. The third-order valence-electron chi connectivity index (χ3n) is 3.13. The Labute approximate surface area is 93.8 Å². The minimum absolute atomic E-state index is 0.273. The van der Waals surface area contributed by atoms with Gasteiger partial charge < -0.3 is 4.43 Å². The Bertz CT molecular complexity index is 303. The van der Waals surface area contributed by atoms with E-state index in [0.29, 0.717) is 6.61 Å². The second kappa shape index (κ2) is 4.45. The lowest BCUT2D eigenvalue weighted by Gasteiger charge is -2.36. The normalized spacial score (nSPS) is 12.9. The molecule has 84 valence electrons. The maximum atomic E-state index is 6.08. The summed E-state index contributed by atoms with van der Waals surface area (Å²) >= 11 is 0. The zero-order valence-corrected chi connectivity index (χ0v) is 11.4. The molecule has 0 unspecified atom stereocenters. The van der Waals surface area contributed by atoms with Crippen molar-refractivity contribution >= 4 is 8.32 Å². The molecule has 0 saturated heterocycles. The van der Waals surface area contributed by atoms with Crippen LogP contribution < -0.4 is 0 Å². The molecular formula is C12H21NOSi. The van der Waals surface area contributed by atoms with E-state index in [2.05, 4.69) is 44.9 Å². The van der Waals surface area contributed by atoms with E-state index in [1.807, 2.05) is 12.3 Å². The van der Waals surface area contributed by atoms with Gasteiger partial charge in [0.15, 0.2) is 8.32 Å². The number of hydrogen-bond donors (Lipinski definition) is 0. The van der Waals surface area contributed by atoms with Crippen LogP contribution in [0.15, 0.2) is 24.5 Å². The highest BCUT2D eigenvalue weighted by atomic mass is 28.4. The van der Waals surface area contributed by atoms with Gasteiger partial charge in [0.2, 0.25) is 0 Å². The van der Waals surface area contributed by atoms with Crippen LogP contribution in [0.4, 0.5) is 0 Å². The van der Waals surface area contributed by atoms with Gasteiger partial charge in [0.25, 0.3) is 0 Å². The molecule has 1 aromatic rings. The van der Waals surface area contributed by atoms with Crippen LogP contribution in [-0.4, -0.2) is 13.3 Å². The smallest absolute Gasteiger partial charge is 0.192 e. The third kappa shape index (κ3) is 3.43. The average molecular weight is 223 g/mol. The zero-order valence-electron chi connectivity index (χ0n) is 10.4. The largest absolute Gasteiger partial charge is 0.413 e. The summed E-state index contributed by atoms with van der Waals surface area (Å²) < 4.78 is 6.08. The fraction of sp³-hybridized carbons (Fsp3) is 0.583. The van der Waals surface area contributed by atoms with Crippen molar-refractivity contribution in [2.24, 2.45) is 0 Å². The second-order valence-corrected chi connectivity index (χ2v) is 10.2. The van der Waals surface area contributed by atoms with Crippen molar-refractivity contribution in [3.63, 3.8) is 0 Å². The highest BCUT2D eigenvalue weighted by Crippen LogP contribution is 2.36. The Kier molecular flexibility index (Phi) is 3.68. The summed E-state index contributed by atoms with van der Waals surface area (Å²) in [6.45, 7) is 12.0. The van der Waals surface area contributed by atoms with E-state index < -0.39 is 8.32 Å². The number of aromatic nitrogens is 1. The fourth-order valence-electron chi connectivity index (χ4n) is 0.964. The first-order chi connectivity index (χ1) is 6.83. The molecule has 3 heteroatoms. The molecule has 0 aliphatic carbocycles. The van der Waals surface area contributed by atoms with Crippen molar-refractivity contribution < 1.29 is 4.43 Å². The van der Waals surface area contributed by atoms with Gasteiger partial charge in [-0.15, -0.1) is 0 Å². The number of nitrogens with zero attached hydrogens (tertiary/aromatic N) is 1. The van der Waals surface area contributed by atoms with Gasteiger partial charge >= 0.3 is 0 Å². The van der Waals surface area contributed by atoms with Gasteiger partial charge in [-0.3, -0.25) is 4.98 Å². The van der Waals surface area contributed by atoms with Crippen LogP contribution in [0, 0.1) is 0 Å².